The second-order valence-electron chi connectivity index (χ2n) is 7.60. The molecule has 0 spiro atoms. The summed E-state index contributed by atoms with van der Waals surface area (Å²) < 4.78 is 4.80. The van der Waals surface area contributed by atoms with Gasteiger partial charge in [0.15, 0.2) is 0 Å². The number of fused-ring (bicyclic) bond motifs is 3. The van der Waals surface area contributed by atoms with Crippen molar-refractivity contribution in [1.82, 2.24) is 0 Å². The van der Waals surface area contributed by atoms with Gasteiger partial charge < -0.3 is 0 Å². The molecule has 0 amide bonds. The SMILES string of the molecule is Cl.Cl.[C-]1=CC=CC1.[CH](=[Zr]=[CH]c1ccccc1)c1ccccc1.c1ccc2c(c1)[cH-]c1ccccc12. The summed E-state index contributed by atoms with van der Waals surface area (Å²) in [5.41, 5.74) is 2.72. The van der Waals surface area contributed by atoms with Crippen LogP contribution >= 0.6 is 24.8 Å². The van der Waals surface area contributed by atoms with Crippen molar-refractivity contribution < 1.29 is 22.3 Å². The molecule has 3 heteroatoms. The Morgan fingerprint density at radius 3 is 1.46 bits per heavy atom. The monoisotopic (exact) mass is 572 g/mol. The molecule has 0 N–H and O–H groups in total. The van der Waals surface area contributed by atoms with Crippen LogP contribution in [0.2, 0.25) is 0 Å². The van der Waals surface area contributed by atoms with Gasteiger partial charge in [-0.1, -0.05) is 36.4 Å². The molecule has 0 aromatic heterocycles. The average Bonchev–Trinajstić information content (AvgIpc) is 3.58. The molecule has 0 aliphatic heterocycles. The van der Waals surface area contributed by atoms with Gasteiger partial charge in [-0.05, 0) is 0 Å². The fourth-order valence-electron chi connectivity index (χ4n) is 3.58. The Bertz CT molecular complexity index is 1300. The van der Waals surface area contributed by atoms with Crippen LogP contribution in [0.1, 0.15) is 17.5 Å². The second-order valence-corrected chi connectivity index (χ2v) is 9.84. The number of hydrogen-bond acceptors (Lipinski definition) is 0. The topological polar surface area (TPSA) is 0 Å². The Labute approximate surface area is 231 Å². The molecule has 0 saturated heterocycles. The third-order valence-electron chi connectivity index (χ3n) is 5.21. The molecule has 5 aromatic carbocycles. The molecule has 0 unspecified atom stereocenters. The quantitative estimate of drug-likeness (QED) is 0.185. The Kier molecular flexibility index (Phi) is 13.2. The summed E-state index contributed by atoms with van der Waals surface area (Å²) in [4.78, 5) is 0. The van der Waals surface area contributed by atoms with E-state index in [1.807, 2.05) is 12.2 Å². The molecule has 35 heavy (non-hydrogen) atoms. The number of hydrogen-bond donors (Lipinski definition) is 0. The summed E-state index contributed by atoms with van der Waals surface area (Å²) in [6.45, 7) is 0. The fourth-order valence-corrected chi connectivity index (χ4v) is 5.67. The largest absolute Gasteiger partial charge is 0.126 e. The number of benzene rings is 4. The van der Waals surface area contributed by atoms with Crippen molar-refractivity contribution in [2.45, 2.75) is 6.42 Å². The molecule has 0 atom stereocenters. The van der Waals surface area contributed by atoms with Crippen LogP contribution in [-0.2, 0) is 22.3 Å². The molecule has 0 bridgehead atoms. The third kappa shape index (κ3) is 9.19. The maximum absolute atomic E-state index is 2.99. The van der Waals surface area contributed by atoms with Gasteiger partial charge in [-0.2, -0.15) is 6.08 Å². The summed E-state index contributed by atoms with van der Waals surface area (Å²) in [6, 6.07) is 40.4. The summed E-state index contributed by atoms with van der Waals surface area (Å²) in [6.07, 6.45) is 10.0. The summed E-state index contributed by atoms with van der Waals surface area (Å²) >= 11 is -0.508. The van der Waals surface area contributed by atoms with Gasteiger partial charge in [0, 0.05) is 0 Å². The molecular formula is C32H28Cl2Zr-2. The van der Waals surface area contributed by atoms with Gasteiger partial charge in [0.1, 0.15) is 0 Å². The molecule has 0 saturated carbocycles. The number of halogens is 2. The normalized spacial score (nSPS) is 10.5. The van der Waals surface area contributed by atoms with Crippen LogP contribution in [0.15, 0.2) is 133 Å². The zero-order valence-electron chi connectivity index (χ0n) is 19.4. The van der Waals surface area contributed by atoms with E-state index in [1.54, 1.807) is 0 Å². The van der Waals surface area contributed by atoms with E-state index in [2.05, 4.69) is 135 Å². The van der Waals surface area contributed by atoms with Crippen LogP contribution in [0.25, 0.3) is 21.5 Å². The first kappa shape index (κ1) is 28.7. The molecule has 0 nitrogen and oxygen atoms in total. The van der Waals surface area contributed by atoms with Gasteiger partial charge in [0.05, 0.1) is 0 Å². The fraction of sp³-hybridized carbons (Fsp3) is 0.0312. The van der Waals surface area contributed by atoms with Crippen molar-refractivity contribution in [3.05, 3.63) is 151 Å². The van der Waals surface area contributed by atoms with E-state index < -0.39 is 22.3 Å². The van der Waals surface area contributed by atoms with Crippen LogP contribution in [0.4, 0.5) is 0 Å². The number of rotatable bonds is 2. The van der Waals surface area contributed by atoms with E-state index in [9.17, 15) is 0 Å². The van der Waals surface area contributed by atoms with Crippen LogP contribution in [0.3, 0.4) is 0 Å². The van der Waals surface area contributed by atoms with Gasteiger partial charge in [-0.25, -0.2) is 12.2 Å². The van der Waals surface area contributed by atoms with Crippen molar-refractivity contribution in [2.75, 3.05) is 0 Å². The summed E-state index contributed by atoms with van der Waals surface area (Å²) in [7, 11) is 0. The van der Waals surface area contributed by atoms with Gasteiger partial charge in [0.2, 0.25) is 0 Å². The van der Waals surface area contributed by atoms with Gasteiger partial charge in [-0.15, -0.1) is 71.0 Å². The first-order chi connectivity index (χ1) is 16.4. The summed E-state index contributed by atoms with van der Waals surface area (Å²) in [5, 5.41) is 5.39. The first-order valence-electron chi connectivity index (χ1n) is 11.2. The Morgan fingerprint density at radius 2 is 1.06 bits per heavy atom. The first-order valence-corrected chi connectivity index (χ1v) is 14.0. The zero-order chi connectivity index (χ0) is 22.6. The smallest absolute Gasteiger partial charge is 0.0771 e. The minimum atomic E-state index is -0.508. The maximum Gasteiger partial charge on any atom is -0.0771 e. The Morgan fingerprint density at radius 1 is 0.600 bits per heavy atom. The van der Waals surface area contributed by atoms with E-state index in [1.165, 1.54) is 32.7 Å². The number of allylic oxidation sites excluding steroid dienone is 4. The molecule has 0 fully saturated rings. The van der Waals surface area contributed by atoms with Crippen molar-refractivity contribution in [2.24, 2.45) is 0 Å². The molecule has 1 aliphatic rings. The van der Waals surface area contributed by atoms with E-state index in [0.29, 0.717) is 0 Å². The second kappa shape index (κ2) is 16.2. The molecule has 176 valence electrons. The van der Waals surface area contributed by atoms with E-state index in [-0.39, 0.29) is 24.8 Å². The third-order valence-corrected chi connectivity index (χ3v) is 7.67. The minimum absolute atomic E-state index is 0. The Balaban J connectivity index is 0.000000198. The molecule has 1 aliphatic carbocycles. The maximum atomic E-state index is 2.99. The van der Waals surface area contributed by atoms with Crippen molar-refractivity contribution in [3.8, 4) is 0 Å². The van der Waals surface area contributed by atoms with Crippen LogP contribution in [0.5, 0.6) is 0 Å². The predicted octanol–water partition coefficient (Wildman–Crippen LogP) is 8.63. The van der Waals surface area contributed by atoms with Gasteiger partial charge >= 0.3 is 101 Å². The van der Waals surface area contributed by atoms with Crippen LogP contribution in [-0.4, -0.2) is 7.42 Å². The predicted molar refractivity (Wildman–Crippen MR) is 156 cm³/mol. The minimum Gasteiger partial charge on any atom is -0.126 e. The van der Waals surface area contributed by atoms with Crippen molar-refractivity contribution in [3.63, 3.8) is 0 Å². The molecule has 0 radical (unpaired) electrons. The van der Waals surface area contributed by atoms with Gasteiger partial charge in [0.25, 0.3) is 0 Å². The average molecular weight is 575 g/mol. The molecular weight excluding hydrogens is 546 g/mol. The van der Waals surface area contributed by atoms with Gasteiger partial charge in [-0.3, -0.25) is 6.08 Å². The van der Waals surface area contributed by atoms with E-state index in [0.717, 1.165) is 6.42 Å². The molecule has 6 rings (SSSR count). The standard InChI is InChI=1S/C13H9.2C7H6.C5H5.2ClH.Zr/c1-3-7-12-10(5-1)9-11-6-2-4-8-13(11)12;2*1-7-5-3-2-4-6-7;1-2-4-5-3-1;;;/h1-9H;2*1-6H;1-3H,4H2;2*1H;/q-1;;;-1;;;. The van der Waals surface area contributed by atoms with Crippen LogP contribution in [0, 0.1) is 6.08 Å². The van der Waals surface area contributed by atoms with Crippen LogP contribution < -0.4 is 0 Å². The van der Waals surface area contributed by atoms with E-state index in [4.69, 9.17) is 0 Å². The molecule has 0 heterocycles. The van der Waals surface area contributed by atoms with Crippen molar-refractivity contribution >= 4 is 53.8 Å². The molecule has 5 aromatic rings. The van der Waals surface area contributed by atoms with E-state index >= 15 is 0 Å². The van der Waals surface area contributed by atoms with Crippen molar-refractivity contribution in [1.29, 1.82) is 0 Å². The Hall–Kier alpha value is -2.57. The summed E-state index contributed by atoms with van der Waals surface area (Å²) in [5.74, 6) is 0. The zero-order valence-corrected chi connectivity index (χ0v) is 23.5.